The second kappa shape index (κ2) is 7.43. The zero-order valence-electron chi connectivity index (χ0n) is 15.8. The molecule has 9 heteroatoms. The van der Waals surface area contributed by atoms with E-state index < -0.39 is 0 Å². The zero-order chi connectivity index (χ0) is 19.7. The van der Waals surface area contributed by atoms with E-state index in [9.17, 15) is 4.79 Å². The highest BCUT2D eigenvalue weighted by atomic mass is 16.5. The lowest BCUT2D eigenvalue weighted by molar-refractivity contribution is 0.0776. The number of aromatic nitrogens is 4. The van der Waals surface area contributed by atoms with Crippen LogP contribution in [0.1, 0.15) is 39.8 Å². The molecular formula is C19H22N6O3. The van der Waals surface area contributed by atoms with Crippen LogP contribution in [-0.4, -0.2) is 51.3 Å². The average molecular weight is 382 g/mol. The summed E-state index contributed by atoms with van der Waals surface area (Å²) < 4.78 is 10.4. The second-order valence-electron chi connectivity index (χ2n) is 6.90. The number of likely N-dealkylation sites (tertiary alicyclic amines) is 1. The topological polar surface area (TPSA) is 123 Å². The normalized spacial score (nSPS) is 16.6. The number of nitrogen functional groups attached to an aromatic ring is 1. The highest BCUT2D eigenvalue weighted by Gasteiger charge is 2.33. The molecular weight excluding hydrogens is 360 g/mol. The first-order valence-electron chi connectivity index (χ1n) is 9.07. The molecule has 9 nitrogen and oxygen atoms in total. The number of carbonyl (C=O) groups excluding carboxylic acids is 1. The Hall–Kier alpha value is -3.20. The van der Waals surface area contributed by atoms with E-state index in [0.29, 0.717) is 42.5 Å². The number of pyridine rings is 1. The lowest BCUT2D eigenvalue weighted by Crippen LogP contribution is -2.29. The summed E-state index contributed by atoms with van der Waals surface area (Å²) in [7, 11) is 1.58. The molecule has 1 atom stereocenters. The van der Waals surface area contributed by atoms with Crippen LogP contribution in [0.5, 0.6) is 0 Å². The number of ether oxygens (including phenoxy) is 1. The first-order valence-corrected chi connectivity index (χ1v) is 9.07. The summed E-state index contributed by atoms with van der Waals surface area (Å²) in [4.78, 5) is 18.8. The molecule has 28 heavy (non-hydrogen) atoms. The van der Waals surface area contributed by atoms with E-state index >= 15 is 0 Å². The molecule has 0 unspecified atom stereocenters. The van der Waals surface area contributed by atoms with Gasteiger partial charge in [0.2, 0.25) is 0 Å². The molecule has 0 radical (unpaired) electrons. The number of nitrogens with zero attached hydrogens (tertiary/aromatic N) is 4. The van der Waals surface area contributed by atoms with Gasteiger partial charge < -0.3 is 19.9 Å². The number of amides is 1. The number of hydrogen-bond acceptors (Lipinski definition) is 7. The molecule has 0 spiro atoms. The van der Waals surface area contributed by atoms with Crippen molar-refractivity contribution in [2.75, 3.05) is 25.9 Å². The number of methoxy groups -OCH3 is 1. The Kier molecular flexibility index (Phi) is 4.82. The third-order valence-electron chi connectivity index (χ3n) is 5.12. The minimum absolute atomic E-state index is 0.138. The van der Waals surface area contributed by atoms with Gasteiger partial charge in [-0.1, -0.05) is 5.16 Å². The number of hydrogen-bond donors (Lipinski definition) is 2. The third-order valence-corrected chi connectivity index (χ3v) is 5.12. The van der Waals surface area contributed by atoms with Crippen molar-refractivity contribution in [3.63, 3.8) is 0 Å². The molecule has 3 aromatic heterocycles. The monoisotopic (exact) mass is 382 g/mol. The number of anilines is 1. The van der Waals surface area contributed by atoms with Crippen LogP contribution < -0.4 is 5.73 Å². The van der Waals surface area contributed by atoms with Gasteiger partial charge in [-0.25, -0.2) is 4.98 Å². The first-order chi connectivity index (χ1) is 13.6. The van der Waals surface area contributed by atoms with Crippen LogP contribution in [0.3, 0.4) is 0 Å². The Balaban J connectivity index is 1.54. The Bertz CT molecular complexity index is 995. The van der Waals surface area contributed by atoms with E-state index in [2.05, 4.69) is 20.3 Å². The van der Waals surface area contributed by atoms with Crippen molar-refractivity contribution >= 4 is 11.7 Å². The number of H-pyrrole nitrogens is 1. The predicted molar refractivity (Wildman–Crippen MR) is 101 cm³/mol. The SMILES string of the molecule is COCc1c(C(=O)N2CC[C@H](c3[nH]ncc3-c3ccnc(N)c3)C2)noc1C. The van der Waals surface area contributed by atoms with Crippen molar-refractivity contribution in [1.29, 1.82) is 0 Å². The van der Waals surface area contributed by atoms with Gasteiger partial charge >= 0.3 is 0 Å². The molecule has 0 bridgehead atoms. The van der Waals surface area contributed by atoms with Gasteiger partial charge in [-0.2, -0.15) is 5.10 Å². The summed E-state index contributed by atoms with van der Waals surface area (Å²) in [6.07, 6.45) is 4.29. The zero-order valence-corrected chi connectivity index (χ0v) is 15.8. The highest BCUT2D eigenvalue weighted by Crippen LogP contribution is 2.34. The van der Waals surface area contributed by atoms with Gasteiger partial charge in [-0.3, -0.25) is 9.89 Å². The van der Waals surface area contributed by atoms with Crippen molar-refractivity contribution in [2.24, 2.45) is 0 Å². The summed E-state index contributed by atoms with van der Waals surface area (Å²) in [5.74, 6) is 1.07. The summed E-state index contributed by atoms with van der Waals surface area (Å²) in [6.45, 7) is 3.29. The van der Waals surface area contributed by atoms with Crippen LogP contribution in [-0.2, 0) is 11.3 Å². The van der Waals surface area contributed by atoms with Gasteiger partial charge in [0.05, 0.1) is 18.4 Å². The van der Waals surface area contributed by atoms with Gasteiger partial charge in [0.25, 0.3) is 5.91 Å². The van der Waals surface area contributed by atoms with Crippen LogP contribution in [0.15, 0.2) is 29.0 Å². The van der Waals surface area contributed by atoms with Crippen molar-refractivity contribution in [3.8, 4) is 11.1 Å². The summed E-state index contributed by atoms with van der Waals surface area (Å²) in [5, 5.41) is 11.3. The molecule has 1 aliphatic heterocycles. The highest BCUT2D eigenvalue weighted by molar-refractivity contribution is 5.94. The van der Waals surface area contributed by atoms with E-state index in [4.69, 9.17) is 15.0 Å². The molecule has 3 N–H and O–H groups in total. The number of aromatic amines is 1. The smallest absolute Gasteiger partial charge is 0.276 e. The second-order valence-corrected chi connectivity index (χ2v) is 6.90. The van der Waals surface area contributed by atoms with Gasteiger partial charge in [0.1, 0.15) is 11.6 Å². The fourth-order valence-electron chi connectivity index (χ4n) is 3.66. The minimum Gasteiger partial charge on any atom is -0.384 e. The Morgan fingerprint density at radius 3 is 3.14 bits per heavy atom. The summed E-state index contributed by atoms with van der Waals surface area (Å²) in [5.41, 5.74) is 9.77. The van der Waals surface area contributed by atoms with Crippen LogP contribution in [0.4, 0.5) is 5.82 Å². The molecule has 0 aliphatic carbocycles. The van der Waals surface area contributed by atoms with E-state index in [1.807, 2.05) is 12.1 Å². The average Bonchev–Trinajstić information content (AvgIpc) is 3.41. The first kappa shape index (κ1) is 18.2. The van der Waals surface area contributed by atoms with Gasteiger partial charge in [0.15, 0.2) is 5.69 Å². The minimum atomic E-state index is -0.138. The van der Waals surface area contributed by atoms with Crippen molar-refractivity contribution in [1.82, 2.24) is 25.2 Å². The van der Waals surface area contributed by atoms with Gasteiger partial charge in [-0.05, 0) is 31.0 Å². The fraction of sp³-hybridized carbons (Fsp3) is 0.368. The molecule has 1 fully saturated rings. The molecule has 1 aliphatic rings. The maximum absolute atomic E-state index is 13.0. The summed E-state index contributed by atoms with van der Waals surface area (Å²) >= 11 is 0. The largest absolute Gasteiger partial charge is 0.384 e. The van der Waals surface area contributed by atoms with E-state index in [1.54, 1.807) is 31.3 Å². The molecule has 0 aromatic carbocycles. The maximum Gasteiger partial charge on any atom is 0.276 e. The quantitative estimate of drug-likeness (QED) is 0.693. The molecule has 4 heterocycles. The number of nitrogens with two attached hydrogens (primary N) is 1. The molecule has 146 valence electrons. The predicted octanol–water partition coefficient (Wildman–Crippen LogP) is 2.13. The maximum atomic E-state index is 13.0. The van der Waals surface area contributed by atoms with Gasteiger partial charge in [0, 0.05) is 43.6 Å². The summed E-state index contributed by atoms with van der Waals surface area (Å²) in [6, 6.07) is 3.72. The molecule has 0 saturated carbocycles. The molecule has 4 rings (SSSR count). The van der Waals surface area contributed by atoms with Crippen molar-refractivity contribution < 1.29 is 14.1 Å². The Labute approximate surface area is 161 Å². The van der Waals surface area contributed by atoms with Crippen molar-refractivity contribution in [3.05, 3.63) is 47.2 Å². The fourth-order valence-corrected chi connectivity index (χ4v) is 3.66. The Morgan fingerprint density at radius 2 is 2.36 bits per heavy atom. The van der Waals surface area contributed by atoms with E-state index in [1.165, 1.54) is 0 Å². The van der Waals surface area contributed by atoms with E-state index in [0.717, 1.165) is 23.2 Å². The van der Waals surface area contributed by atoms with Crippen LogP contribution in [0.2, 0.25) is 0 Å². The van der Waals surface area contributed by atoms with Crippen LogP contribution >= 0.6 is 0 Å². The van der Waals surface area contributed by atoms with Gasteiger partial charge in [-0.15, -0.1) is 0 Å². The number of nitrogens with one attached hydrogen (secondary N) is 1. The lowest BCUT2D eigenvalue weighted by Gasteiger charge is -2.16. The third kappa shape index (κ3) is 3.24. The lowest BCUT2D eigenvalue weighted by atomic mass is 9.97. The molecule has 1 amide bonds. The number of rotatable bonds is 5. The molecule has 1 saturated heterocycles. The molecule has 3 aromatic rings. The van der Waals surface area contributed by atoms with Crippen molar-refractivity contribution in [2.45, 2.75) is 25.9 Å². The number of carbonyl (C=O) groups is 1. The van der Waals surface area contributed by atoms with Crippen LogP contribution in [0, 0.1) is 6.92 Å². The van der Waals surface area contributed by atoms with Crippen LogP contribution in [0.25, 0.3) is 11.1 Å². The standard InChI is InChI=1S/C19H22N6O3/c1-11-15(10-27-2)18(24-28-11)19(26)25-6-4-13(9-25)17-14(8-22-23-17)12-3-5-21-16(20)7-12/h3,5,7-8,13H,4,6,9-10H2,1-2H3,(H2,20,21)(H,22,23)/t13-/m0/s1. The van der Waals surface area contributed by atoms with E-state index in [-0.39, 0.29) is 11.8 Å². The number of aryl methyl sites for hydroxylation is 1. The Morgan fingerprint density at radius 1 is 1.50 bits per heavy atom.